The van der Waals surface area contributed by atoms with Crippen LogP contribution in [0.1, 0.15) is 44.9 Å². The molecule has 1 saturated carbocycles. The Morgan fingerprint density at radius 2 is 1.71 bits per heavy atom. The van der Waals surface area contributed by atoms with Crippen molar-refractivity contribution in [3.63, 3.8) is 0 Å². The lowest BCUT2D eigenvalue weighted by Crippen LogP contribution is -2.43. The van der Waals surface area contributed by atoms with Crippen LogP contribution in [0, 0.1) is 11.8 Å². The minimum absolute atomic E-state index is 0.0751. The van der Waals surface area contributed by atoms with Gasteiger partial charge >= 0.3 is 12.0 Å². The lowest BCUT2D eigenvalue weighted by Gasteiger charge is -2.28. The Hall–Kier alpha value is -0.910. The monoisotopic (exact) mass is 314 g/mol. The highest BCUT2D eigenvalue weighted by Gasteiger charge is 2.30. The van der Waals surface area contributed by atoms with E-state index in [4.69, 9.17) is 0 Å². The molecule has 1 saturated heterocycles. The van der Waals surface area contributed by atoms with E-state index < -0.39 is 5.97 Å². The average Bonchev–Trinajstić information content (AvgIpc) is 2.52. The minimum atomic E-state index is -0.722. The summed E-state index contributed by atoms with van der Waals surface area (Å²) in [6.07, 6.45) is 7.40. The van der Waals surface area contributed by atoms with Gasteiger partial charge in [0, 0.05) is 18.3 Å². The number of nitrogens with one attached hydrogen (secondary N) is 2. The summed E-state index contributed by atoms with van der Waals surface area (Å²) < 4.78 is 0. The molecule has 0 aromatic heterocycles. The fraction of sp³-hybridized carbons (Fsp3) is 0.867. The number of carboxylic acids is 1. The fourth-order valence-electron chi connectivity index (χ4n) is 3.24. The largest absolute Gasteiger partial charge is 0.481 e. The van der Waals surface area contributed by atoms with Crippen molar-refractivity contribution < 1.29 is 14.7 Å². The second kappa shape index (κ2) is 8.51. The quantitative estimate of drug-likeness (QED) is 0.728. The first kappa shape index (κ1) is 16.5. The van der Waals surface area contributed by atoms with Gasteiger partial charge in [-0.2, -0.15) is 11.8 Å². The number of carbonyl (C=O) groups excluding carboxylic acids is 1. The zero-order valence-corrected chi connectivity index (χ0v) is 13.3. The summed E-state index contributed by atoms with van der Waals surface area (Å²) in [5.74, 6) is 0.246. The molecule has 2 amide bonds. The molecule has 0 aromatic rings. The molecule has 2 fully saturated rings. The SMILES string of the molecule is O=C(NCC1CCCCS1)NCC1CCCCC1C(=O)O. The molecule has 0 bridgehead atoms. The van der Waals surface area contributed by atoms with E-state index in [0.717, 1.165) is 25.7 Å². The lowest BCUT2D eigenvalue weighted by molar-refractivity contribution is -0.144. The van der Waals surface area contributed by atoms with Gasteiger partial charge in [-0.05, 0) is 37.4 Å². The smallest absolute Gasteiger partial charge is 0.314 e. The molecule has 2 aliphatic rings. The molecular formula is C15H26N2O3S. The summed E-state index contributed by atoms with van der Waals surface area (Å²) in [4.78, 5) is 23.0. The maximum Gasteiger partial charge on any atom is 0.314 e. The summed E-state index contributed by atoms with van der Waals surface area (Å²) >= 11 is 1.94. The Kier molecular flexibility index (Phi) is 6.67. The van der Waals surface area contributed by atoms with Crippen molar-refractivity contribution in [2.75, 3.05) is 18.8 Å². The number of carboxylic acid groups (broad SMARTS) is 1. The van der Waals surface area contributed by atoms with Gasteiger partial charge in [0.1, 0.15) is 0 Å². The van der Waals surface area contributed by atoms with Crippen molar-refractivity contribution >= 4 is 23.8 Å². The lowest BCUT2D eigenvalue weighted by atomic mass is 9.79. The number of rotatable bonds is 5. The third-order valence-electron chi connectivity index (χ3n) is 4.52. The molecule has 6 heteroatoms. The molecule has 0 spiro atoms. The molecule has 2 rings (SSSR count). The van der Waals surface area contributed by atoms with Crippen molar-refractivity contribution in [1.29, 1.82) is 0 Å². The van der Waals surface area contributed by atoms with Crippen LogP contribution in [-0.4, -0.2) is 41.2 Å². The molecule has 1 heterocycles. The van der Waals surface area contributed by atoms with Crippen LogP contribution in [-0.2, 0) is 4.79 Å². The number of aliphatic carboxylic acids is 1. The molecule has 120 valence electrons. The van der Waals surface area contributed by atoms with E-state index in [9.17, 15) is 14.7 Å². The summed E-state index contributed by atoms with van der Waals surface area (Å²) in [6, 6.07) is -0.157. The van der Waals surface area contributed by atoms with Crippen molar-refractivity contribution in [3.05, 3.63) is 0 Å². The van der Waals surface area contributed by atoms with Crippen LogP contribution in [0.2, 0.25) is 0 Å². The normalized spacial score (nSPS) is 29.6. The van der Waals surface area contributed by atoms with Gasteiger partial charge in [0.2, 0.25) is 0 Å². The van der Waals surface area contributed by atoms with Crippen molar-refractivity contribution in [3.8, 4) is 0 Å². The Morgan fingerprint density at radius 1 is 1.00 bits per heavy atom. The predicted octanol–water partition coefficient (Wildman–Crippen LogP) is 2.46. The predicted molar refractivity (Wildman–Crippen MR) is 84.6 cm³/mol. The Balaban J connectivity index is 1.66. The van der Waals surface area contributed by atoms with Gasteiger partial charge < -0.3 is 15.7 Å². The average molecular weight is 314 g/mol. The van der Waals surface area contributed by atoms with Gasteiger partial charge in [-0.1, -0.05) is 19.3 Å². The van der Waals surface area contributed by atoms with Crippen LogP contribution in [0.3, 0.4) is 0 Å². The number of urea groups is 1. The number of thioether (sulfide) groups is 1. The van der Waals surface area contributed by atoms with E-state index in [0.29, 0.717) is 18.3 Å². The molecule has 0 radical (unpaired) electrons. The van der Waals surface area contributed by atoms with Crippen LogP contribution in [0.4, 0.5) is 4.79 Å². The highest BCUT2D eigenvalue weighted by Crippen LogP contribution is 2.29. The van der Waals surface area contributed by atoms with E-state index in [1.807, 2.05) is 11.8 Å². The highest BCUT2D eigenvalue weighted by molar-refractivity contribution is 7.99. The zero-order chi connectivity index (χ0) is 15.1. The molecule has 3 unspecified atom stereocenters. The Labute approximate surface area is 130 Å². The number of hydrogen-bond donors (Lipinski definition) is 3. The van der Waals surface area contributed by atoms with E-state index >= 15 is 0 Å². The molecule has 3 N–H and O–H groups in total. The Bertz CT molecular complexity index is 359. The fourth-order valence-corrected chi connectivity index (χ4v) is 4.48. The maximum absolute atomic E-state index is 11.8. The topological polar surface area (TPSA) is 78.4 Å². The summed E-state index contributed by atoms with van der Waals surface area (Å²) in [5, 5.41) is 15.5. The van der Waals surface area contributed by atoms with Crippen LogP contribution in [0.5, 0.6) is 0 Å². The van der Waals surface area contributed by atoms with Crippen molar-refractivity contribution in [2.24, 2.45) is 11.8 Å². The van der Waals surface area contributed by atoms with E-state index in [1.165, 1.54) is 25.0 Å². The molecule has 5 nitrogen and oxygen atoms in total. The maximum atomic E-state index is 11.8. The molecule has 21 heavy (non-hydrogen) atoms. The second-order valence-corrected chi connectivity index (χ2v) is 7.48. The van der Waals surface area contributed by atoms with Crippen LogP contribution >= 0.6 is 11.8 Å². The standard InChI is InChI=1S/C15H26N2O3S/c18-14(19)13-7-2-1-5-11(13)9-16-15(20)17-10-12-6-3-4-8-21-12/h11-13H,1-10H2,(H,18,19)(H2,16,17,20). The summed E-state index contributed by atoms with van der Waals surface area (Å²) in [5.41, 5.74) is 0. The second-order valence-electron chi connectivity index (χ2n) is 6.07. The van der Waals surface area contributed by atoms with Gasteiger partial charge in [0.05, 0.1) is 5.92 Å². The summed E-state index contributed by atoms with van der Waals surface area (Å²) in [6.45, 7) is 1.18. The molecule has 3 atom stereocenters. The van der Waals surface area contributed by atoms with E-state index in [1.54, 1.807) is 0 Å². The number of carbonyl (C=O) groups is 2. The first-order valence-corrected chi connectivity index (χ1v) is 9.08. The number of hydrogen-bond acceptors (Lipinski definition) is 3. The van der Waals surface area contributed by atoms with E-state index in [2.05, 4.69) is 10.6 Å². The zero-order valence-electron chi connectivity index (χ0n) is 12.5. The molecular weight excluding hydrogens is 288 g/mol. The van der Waals surface area contributed by atoms with Crippen LogP contribution in [0.15, 0.2) is 0 Å². The highest BCUT2D eigenvalue weighted by atomic mass is 32.2. The first-order chi connectivity index (χ1) is 10.2. The molecule has 1 aliphatic heterocycles. The van der Waals surface area contributed by atoms with Gasteiger partial charge in [-0.25, -0.2) is 4.79 Å². The van der Waals surface area contributed by atoms with Crippen LogP contribution < -0.4 is 10.6 Å². The van der Waals surface area contributed by atoms with Gasteiger partial charge in [0.25, 0.3) is 0 Å². The summed E-state index contributed by atoms with van der Waals surface area (Å²) in [7, 11) is 0. The Morgan fingerprint density at radius 3 is 2.43 bits per heavy atom. The van der Waals surface area contributed by atoms with Gasteiger partial charge in [0.15, 0.2) is 0 Å². The third-order valence-corrected chi connectivity index (χ3v) is 5.91. The van der Waals surface area contributed by atoms with E-state index in [-0.39, 0.29) is 17.9 Å². The van der Waals surface area contributed by atoms with Crippen LogP contribution in [0.25, 0.3) is 0 Å². The van der Waals surface area contributed by atoms with Crippen molar-refractivity contribution in [1.82, 2.24) is 10.6 Å². The van der Waals surface area contributed by atoms with Gasteiger partial charge in [-0.15, -0.1) is 0 Å². The minimum Gasteiger partial charge on any atom is -0.481 e. The molecule has 0 aromatic carbocycles. The van der Waals surface area contributed by atoms with Crippen molar-refractivity contribution in [2.45, 2.75) is 50.2 Å². The number of amides is 2. The third kappa shape index (κ3) is 5.41. The van der Waals surface area contributed by atoms with Gasteiger partial charge in [-0.3, -0.25) is 4.79 Å². The molecule has 1 aliphatic carbocycles. The first-order valence-electron chi connectivity index (χ1n) is 8.03.